The SMILES string of the molecule is CC(C)C(=O)Nc1ccc(C(=O)NNC(=O)CCCC(=O)OCCCc2ccccc2)cc1. The molecule has 0 aliphatic rings. The largest absolute Gasteiger partial charge is 0.466 e. The van der Waals surface area contributed by atoms with Gasteiger partial charge in [0.2, 0.25) is 11.8 Å². The van der Waals surface area contributed by atoms with Crippen molar-refractivity contribution in [3.05, 3.63) is 65.7 Å². The summed E-state index contributed by atoms with van der Waals surface area (Å²) in [6.07, 6.45) is 2.12. The first-order valence-electron chi connectivity index (χ1n) is 11.0. The number of nitrogens with one attached hydrogen (secondary N) is 3. The number of benzene rings is 2. The average Bonchev–Trinajstić information content (AvgIpc) is 2.81. The number of rotatable bonds is 11. The van der Waals surface area contributed by atoms with Gasteiger partial charge in [-0.25, -0.2) is 0 Å². The Bertz CT molecular complexity index is 927. The molecule has 0 unspecified atom stereocenters. The predicted molar refractivity (Wildman–Crippen MR) is 125 cm³/mol. The minimum atomic E-state index is -0.483. The van der Waals surface area contributed by atoms with Crippen LogP contribution in [0.3, 0.4) is 0 Å². The van der Waals surface area contributed by atoms with Crippen LogP contribution in [0, 0.1) is 5.92 Å². The van der Waals surface area contributed by atoms with E-state index in [0.717, 1.165) is 12.8 Å². The van der Waals surface area contributed by atoms with Crippen molar-refractivity contribution < 1.29 is 23.9 Å². The fourth-order valence-corrected chi connectivity index (χ4v) is 2.83. The predicted octanol–water partition coefficient (Wildman–Crippen LogP) is 3.39. The van der Waals surface area contributed by atoms with Crippen molar-refractivity contribution >= 4 is 29.4 Å². The average molecular weight is 454 g/mol. The normalized spacial score (nSPS) is 10.4. The Kier molecular flexibility index (Phi) is 10.6. The summed E-state index contributed by atoms with van der Waals surface area (Å²) in [7, 11) is 0. The molecule has 0 saturated carbocycles. The van der Waals surface area contributed by atoms with E-state index < -0.39 is 11.8 Å². The van der Waals surface area contributed by atoms with Crippen LogP contribution in [0.1, 0.15) is 55.5 Å². The first-order chi connectivity index (χ1) is 15.8. The van der Waals surface area contributed by atoms with E-state index in [4.69, 9.17) is 4.74 Å². The third-order valence-corrected chi connectivity index (χ3v) is 4.75. The van der Waals surface area contributed by atoms with Crippen LogP contribution in [0.2, 0.25) is 0 Å². The van der Waals surface area contributed by atoms with E-state index in [1.54, 1.807) is 38.1 Å². The van der Waals surface area contributed by atoms with E-state index in [1.165, 1.54) is 5.56 Å². The number of carbonyl (C=O) groups excluding carboxylic acids is 4. The van der Waals surface area contributed by atoms with Crippen molar-refractivity contribution in [2.45, 2.75) is 46.0 Å². The molecule has 2 aromatic rings. The van der Waals surface area contributed by atoms with Crippen molar-refractivity contribution in [3.8, 4) is 0 Å². The summed E-state index contributed by atoms with van der Waals surface area (Å²) in [5, 5.41) is 2.74. The Morgan fingerprint density at radius 2 is 1.55 bits per heavy atom. The first-order valence-corrected chi connectivity index (χ1v) is 11.0. The lowest BCUT2D eigenvalue weighted by atomic mass is 10.1. The van der Waals surface area contributed by atoms with Crippen molar-refractivity contribution in [3.63, 3.8) is 0 Å². The van der Waals surface area contributed by atoms with Crippen LogP contribution in [0.5, 0.6) is 0 Å². The number of carbonyl (C=O) groups is 4. The van der Waals surface area contributed by atoms with E-state index >= 15 is 0 Å². The van der Waals surface area contributed by atoms with Gasteiger partial charge in [-0.15, -0.1) is 0 Å². The van der Waals surface area contributed by atoms with Crippen LogP contribution in [-0.4, -0.2) is 30.3 Å². The maximum atomic E-state index is 12.1. The highest BCUT2D eigenvalue weighted by molar-refractivity contribution is 5.96. The van der Waals surface area contributed by atoms with E-state index in [1.807, 2.05) is 30.3 Å². The highest BCUT2D eigenvalue weighted by Gasteiger charge is 2.11. The van der Waals surface area contributed by atoms with Gasteiger partial charge in [0, 0.05) is 30.0 Å². The van der Waals surface area contributed by atoms with Crippen molar-refractivity contribution in [1.82, 2.24) is 10.9 Å². The lowest BCUT2D eigenvalue weighted by molar-refractivity contribution is -0.143. The monoisotopic (exact) mass is 453 g/mol. The molecule has 3 amide bonds. The number of esters is 1. The maximum Gasteiger partial charge on any atom is 0.305 e. The summed E-state index contributed by atoms with van der Waals surface area (Å²) >= 11 is 0. The van der Waals surface area contributed by atoms with Gasteiger partial charge in [-0.3, -0.25) is 30.0 Å². The highest BCUT2D eigenvalue weighted by atomic mass is 16.5. The lowest BCUT2D eigenvalue weighted by Gasteiger charge is -2.10. The molecule has 0 spiro atoms. The molecule has 8 heteroatoms. The Balaban J connectivity index is 1.58. The molecule has 2 aromatic carbocycles. The number of hydrogen-bond donors (Lipinski definition) is 3. The van der Waals surface area contributed by atoms with E-state index in [9.17, 15) is 19.2 Å². The zero-order valence-electron chi connectivity index (χ0n) is 19.1. The highest BCUT2D eigenvalue weighted by Crippen LogP contribution is 2.11. The summed E-state index contributed by atoms with van der Waals surface area (Å²) in [4.78, 5) is 47.5. The van der Waals surface area contributed by atoms with Gasteiger partial charge in [0.1, 0.15) is 0 Å². The summed E-state index contributed by atoms with van der Waals surface area (Å²) in [5.41, 5.74) is 6.77. The van der Waals surface area contributed by atoms with Gasteiger partial charge in [0.25, 0.3) is 5.91 Å². The van der Waals surface area contributed by atoms with Crippen molar-refractivity contribution in [2.24, 2.45) is 5.92 Å². The van der Waals surface area contributed by atoms with Crippen LogP contribution < -0.4 is 16.2 Å². The molecule has 8 nitrogen and oxygen atoms in total. The van der Waals surface area contributed by atoms with Crippen LogP contribution in [0.4, 0.5) is 5.69 Å². The maximum absolute atomic E-state index is 12.1. The fraction of sp³-hybridized carbons (Fsp3) is 0.360. The van der Waals surface area contributed by atoms with E-state index in [-0.39, 0.29) is 30.6 Å². The number of hydrogen-bond acceptors (Lipinski definition) is 5. The Morgan fingerprint density at radius 1 is 0.848 bits per heavy atom. The quantitative estimate of drug-likeness (QED) is 0.274. The molecule has 2 rings (SSSR count). The molecule has 0 fully saturated rings. The fourth-order valence-electron chi connectivity index (χ4n) is 2.83. The Labute approximate surface area is 194 Å². The van der Waals surface area contributed by atoms with Crippen LogP contribution in [-0.2, 0) is 25.5 Å². The first kappa shape index (κ1) is 25.6. The second-order valence-electron chi connectivity index (χ2n) is 7.89. The lowest BCUT2D eigenvalue weighted by Crippen LogP contribution is -2.41. The van der Waals surface area contributed by atoms with Crippen LogP contribution >= 0.6 is 0 Å². The topological polar surface area (TPSA) is 114 Å². The van der Waals surface area contributed by atoms with Gasteiger partial charge in [0.05, 0.1) is 6.61 Å². The number of amides is 3. The minimum absolute atomic E-state index is 0.0829. The van der Waals surface area contributed by atoms with Crippen molar-refractivity contribution in [1.29, 1.82) is 0 Å². The van der Waals surface area contributed by atoms with Crippen LogP contribution in [0.25, 0.3) is 0 Å². The summed E-state index contributed by atoms with van der Waals surface area (Å²) in [6, 6.07) is 16.3. The smallest absolute Gasteiger partial charge is 0.305 e. The summed E-state index contributed by atoms with van der Waals surface area (Å²) < 4.78 is 5.18. The molecular formula is C25H31N3O5. The number of ether oxygens (including phenoxy) is 1. The van der Waals surface area contributed by atoms with Gasteiger partial charge in [-0.05, 0) is 49.1 Å². The molecule has 0 aliphatic carbocycles. The Hall–Kier alpha value is -3.68. The van der Waals surface area contributed by atoms with E-state index in [2.05, 4.69) is 16.2 Å². The van der Waals surface area contributed by atoms with Gasteiger partial charge in [-0.2, -0.15) is 0 Å². The number of anilines is 1. The minimum Gasteiger partial charge on any atom is -0.466 e. The van der Waals surface area contributed by atoms with Gasteiger partial charge < -0.3 is 10.1 Å². The third kappa shape index (κ3) is 9.99. The molecule has 3 N–H and O–H groups in total. The molecule has 0 bridgehead atoms. The second-order valence-corrected chi connectivity index (χ2v) is 7.89. The summed E-state index contributed by atoms with van der Waals surface area (Å²) in [6.45, 7) is 3.92. The van der Waals surface area contributed by atoms with Gasteiger partial charge >= 0.3 is 5.97 Å². The zero-order valence-corrected chi connectivity index (χ0v) is 19.1. The zero-order chi connectivity index (χ0) is 24.1. The molecular weight excluding hydrogens is 422 g/mol. The molecule has 176 valence electrons. The standard InChI is InChI=1S/C25H31N3O5/c1-18(2)24(31)26-21-15-13-20(14-16-21)25(32)28-27-22(29)11-6-12-23(30)33-17-7-10-19-8-4-3-5-9-19/h3-5,8-9,13-16,18H,6-7,10-12,17H2,1-2H3,(H,26,31)(H,27,29)(H,28,32). The molecule has 0 aliphatic heterocycles. The molecule has 0 heterocycles. The molecule has 0 radical (unpaired) electrons. The molecule has 33 heavy (non-hydrogen) atoms. The molecule has 0 saturated heterocycles. The number of aryl methyl sites for hydroxylation is 1. The molecule has 0 aromatic heterocycles. The number of hydrazine groups is 1. The molecule has 0 atom stereocenters. The van der Waals surface area contributed by atoms with Crippen LogP contribution in [0.15, 0.2) is 54.6 Å². The second kappa shape index (κ2) is 13.7. The van der Waals surface area contributed by atoms with Gasteiger partial charge in [0.15, 0.2) is 0 Å². The third-order valence-electron chi connectivity index (χ3n) is 4.75. The summed E-state index contributed by atoms with van der Waals surface area (Å²) in [5.74, 6) is -1.49. The Morgan fingerprint density at radius 3 is 2.21 bits per heavy atom. The van der Waals surface area contributed by atoms with Crippen molar-refractivity contribution in [2.75, 3.05) is 11.9 Å². The van der Waals surface area contributed by atoms with E-state index in [0.29, 0.717) is 24.3 Å². The van der Waals surface area contributed by atoms with Gasteiger partial charge in [-0.1, -0.05) is 44.2 Å².